The Kier molecular flexibility index (Phi) is 8.16. The molecular formula is C22H23ClN2O4S. The number of para-hydroxylation sites is 2. The lowest BCUT2D eigenvalue weighted by Crippen LogP contribution is -2.26. The molecule has 0 unspecified atom stereocenters. The van der Waals surface area contributed by atoms with E-state index in [0.29, 0.717) is 35.8 Å². The number of carbonyl (C=O) groups is 3. The Bertz CT molecular complexity index is 904. The molecule has 0 aliphatic carbocycles. The molecule has 6 nitrogen and oxygen atoms in total. The van der Waals surface area contributed by atoms with Gasteiger partial charge in [0.05, 0.1) is 11.4 Å². The summed E-state index contributed by atoms with van der Waals surface area (Å²) in [5, 5.41) is 3.42. The van der Waals surface area contributed by atoms with E-state index in [9.17, 15) is 14.4 Å². The van der Waals surface area contributed by atoms with Gasteiger partial charge in [0.2, 0.25) is 5.91 Å². The number of amides is 2. The second kappa shape index (κ2) is 11.0. The van der Waals surface area contributed by atoms with Gasteiger partial charge in [-0.1, -0.05) is 23.7 Å². The standard InChI is InChI=1S/C22H23ClN2O4S/c23-16-9-11-17(12-10-16)30-14-4-8-22(28)29-15-20(26)24-18-5-1-2-6-19(18)25-13-3-7-21(25)27/h1-2,5-6,9-12H,3-4,7-8,13-15H2,(H,24,26). The molecule has 2 amide bonds. The third kappa shape index (κ3) is 6.50. The van der Waals surface area contributed by atoms with Gasteiger partial charge in [-0.05, 0) is 55.0 Å². The van der Waals surface area contributed by atoms with Crippen molar-refractivity contribution >= 4 is 52.5 Å². The number of hydrogen-bond acceptors (Lipinski definition) is 5. The van der Waals surface area contributed by atoms with Crippen LogP contribution in [-0.4, -0.2) is 36.7 Å². The Labute approximate surface area is 184 Å². The quantitative estimate of drug-likeness (QED) is 0.348. The summed E-state index contributed by atoms with van der Waals surface area (Å²) in [5.41, 5.74) is 1.20. The van der Waals surface area contributed by atoms with E-state index >= 15 is 0 Å². The van der Waals surface area contributed by atoms with Crippen molar-refractivity contribution in [3.63, 3.8) is 0 Å². The molecule has 158 valence electrons. The van der Waals surface area contributed by atoms with Gasteiger partial charge in [0.15, 0.2) is 6.61 Å². The normalized spacial score (nSPS) is 13.4. The zero-order chi connectivity index (χ0) is 21.3. The summed E-state index contributed by atoms with van der Waals surface area (Å²) in [6.45, 7) is 0.278. The van der Waals surface area contributed by atoms with Crippen LogP contribution < -0.4 is 10.2 Å². The number of halogens is 1. The van der Waals surface area contributed by atoms with Crippen LogP contribution in [0.5, 0.6) is 0 Å². The Morgan fingerprint density at radius 2 is 1.90 bits per heavy atom. The molecule has 1 aliphatic rings. The maximum absolute atomic E-state index is 12.2. The molecule has 1 saturated heterocycles. The molecule has 0 radical (unpaired) electrons. The molecule has 0 aromatic heterocycles. The average molecular weight is 447 g/mol. The molecule has 1 N–H and O–H groups in total. The minimum Gasteiger partial charge on any atom is -0.456 e. The van der Waals surface area contributed by atoms with E-state index in [1.807, 2.05) is 30.3 Å². The van der Waals surface area contributed by atoms with E-state index in [4.69, 9.17) is 16.3 Å². The number of ether oxygens (including phenoxy) is 1. The molecule has 1 fully saturated rings. The lowest BCUT2D eigenvalue weighted by molar-refractivity contribution is -0.147. The van der Waals surface area contributed by atoms with Crippen LogP contribution in [0.2, 0.25) is 5.02 Å². The highest BCUT2D eigenvalue weighted by atomic mass is 35.5. The highest BCUT2D eigenvalue weighted by molar-refractivity contribution is 7.99. The molecular weight excluding hydrogens is 424 g/mol. The van der Waals surface area contributed by atoms with Crippen molar-refractivity contribution in [1.29, 1.82) is 0 Å². The topological polar surface area (TPSA) is 75.7 Å². The van der Waals surface area contributed by atoms with E-state index in [-0.39, 0.29) is 18.9 Å². The monoisotopic (exact) mass is 446 g/mol. The highest BCUT2D eigenvalue weighted by Gasteiger charge is 2.24. The number of rotatable bonds is 9. The minimum absolute atomic E-state index is 0.0413. The molecule has 0 saturated carbocycles. The van der Waals surface area contributed by atoms with Crippen molar-refractivity contribution < 1.29 is 19.1 Å². The number of anilines is 2. The lowest BCUT2D eigenvalue weighted by atomic mass is 10.2. The number of benzene rings is 2. The number of nitrogens with one attached hydrogen (secondary N) is 1. The Balaban J connectivity index is 1.39. The minimum atomic E-state index is -0.432. The fourth-order valence-corrected chi connectivity index (χ4v) is 4.04. The molecule has 0 spiro atoms. The van der Waals surface area contributed by atoms with Gasteiger partial charge in [-0.2, -0.15) is 0 Å². The first kappa shape index (κ1) is 22.2. The first-order chi connectivity index (χ1) is 14.5. The predicted octanol–water partition coefficient (Wildman–Crippen LogP) is 4.52. The van der Waals surface area contributed by atoms with Crippen LogP contribution in [0.1, 0.15) is 25.7 Å². The molecule has 8 heteroatoms. The maximum Gasteiger partial charge on any atom is 0.306 e. The summed E-state index contributed by atoms with van der Waals surface area (Å²) < 4.78 is 5.07. The van der Waals surface area contributed by atoms with Crippen LogP contribution >= 0.6 is 23.4 Å². The first-order valence-electron chi connectivity index (χ1n) is 9.76. The number of carbonyl (C=O) groups excluding carboxylic acids is 3. The molecule has 1 heterocycles. The predicted molar refractivity (Wildman–Crippen MR) is 119 cm³/mol. The SMILES string of the molecule is O=C(COC(=O)CCCSc1ccc(Cl)cc1)Nc1ccccc1N1CCCC1=O. The van der Waals surface area contributed by atoms with Gasteiger partial charge in [-0.15, -0.1) is 11.8 Å². The van der Waals surface area contributed by atoms with Gasteiger partial charge < -0.3 is 15.0 Å². The van der Waals surface area contributed by atoms with Crippen molar-refractivity contribution in [2.24, 2.45) is 0 Å². The van der Waals surface area contributed by atoms with Crippen LogP contribution in [0, 0.1) is 0 Å². The number of thioether (sulfide) groups is 1. The zero-order valence-corrected chi connectivity index (χ0v) is 18.0. The third-order valence-corrected chi connectivity index (χ3v) is 5.86. The fraction of sp³-hybridized carbons (Fsp3) is 0.318. The fourth-order valence-electron chi connectivity index (χ4n) is 3.06. The third-order valence-electron chi connectivity index (χ3n) is 4.51. The molecule has 2 aromatic carbocycles. The Hall–Kier alpha value is -2.51. The van der Waals surface area contributed by atoms with Crippen LogP contribution in [0.3, 0.4) is 0 Å². The molecule has 2 aromatic rings. The van der Waals surface area contributed by atoms with Crippen LogP contribution in [0.15, 0.2) is 53.4 Å². The summed E-state index contributed by atoms with van der Waals surface area (Å²) in [7, 11) is 0. The van der Waals surface area contributed by atoms with E-state index in [1.165, 1.54) is 0 Å². The van der Waals surface area contributed by atoms with Crippen molar-refractivity contribution in [3.05, 3.63) is 53.6 Å². The second-order valence-electron chi connectivity index (χ2n) is 6.78. The van der Waals surface area contributed by atoms with E-state index in [2.05, 4.69) is 5.32 Å². The summed E-state index contributed by atoms with van der Waals surface area (Å²) >= 11 is 7.49. The average Bonchev–Trinajstić information content (AvgIpc) is 3.17. The van der Waals surface area contributed by atoms with Gasteiger partial charge in [-0.25, -0.2) is 0 Å². The highest BCUT2D eigenvalue weighted by Crippen LogP contribution is 2.29. The van der Waals surface area contributed by atoms with Crippen molar-refractivity contribution in [3.8, 4) is 0 Å². The summed E-state index contributed by atoms with van der Waals surface area (Å²) in [6, 6.07) is 14.6. The van der Waals surface area contributed by atoms with Crippen molar-refractivity contribution in [2.45, 2.75) is 30.6 Å². The number of hydrogen-bond donors (Lipinski definition) is 1. The van der Waals surface area contributed by atoms with E-state index in [0.717, 1.165) is 17.1 Å². The number of esters is 1. The summed E-state index contributed by atoms with van der Waals surface area (Å²) in [4.78, 5) is 38.8. The summed E-state index contributed by atoms with van der Waals surface area (Å²) in [6.07, 6.45) is 2.20. The largest absolute Gasteiger partial charge is 0.456 e. The van der Waals surface area contributed by atoms with Crippen molar-refractivity contribution in [2.75, 3.05) is 29.1 Å². The maximum atomic E-state index is 12.2. The zero-order valence-electron chi connectivity index (χ0n) is 16.4. The van der Waals surface area contributed by atoms with E-state index < -0.39 is 11.9 Å². The Morgan fingerprint density at radius 1 is 1.13 bits per heavy atom. The molecule has 0 bridgehead atoms. The lowest BCUT2D eigenvalue weighted by Gasteiger charge is -2.19. The van der Waals surface area contributed by atoms with Gasteiger partial charge in [-0.3, -0.25) is 14.4 Å². The smallest absolute Gasteiger partial charge is 0.306 e. The first-order valence-corrected chi connectivity index (χ1v) is 11.1. The molecule has 0 atom stereocenters. The van der Waals surface area contributed by atoms with Gasteiger partial charge in [0, 0.05) is 29.3 Å². The van der Waals surface area contributed by atoms with Crippen LogP contribution in [-0.2, 0) is 19.1 Å². The van der Waals surface area contributed by atoms with Crippen LogP contribution in [0.25, 0.3) is 0 Å². The summed E-state index contributed by atoms with van der Waals surface area (Å²) in [5.74, 6) is -0.0392. The molecule has 3 rings (SSSR count). The van der Waals surface area contributed by atoms with Crippen molar-refractivity contribution in [1.82, 2.24) is 0 Å². The van der Waals surface area contributed by atoms with Crippen LogP contribution in [0.4, 0.5) is 11.4 Å². The van der Waals surface area contributed by atoms with Gasteiger partial charge >= 0.3 is 5.97 Å². The molecule has 1 aliphatic heterocycles. The Morgan fingerprint density at radius 3 is 2.63 bits per heavy atom. The van der Waals surface area contributed by atoms with Gasteiger partial charge in [0.1, 0.15) is 0 Å². The van der Waals surface area contributed by atoms with Gasteiger partial charge in [0.25, 0.3) is 5.91 Å². The molecule has 30 heavy (non-hydrogen) atoms. The van der Waals surface area contributed by atoms with E-state index in [1.54, 1.807) is 34.9 Å². The number of nitrogens with zero attached hydrogens (tertiary/aromatic N) is 1. The second-order valence-corrected chi connectivity index (χ2v) is 8.39.